The highest BCUT2D eigenvalue weighted by atomic mass is 16.2. The van der Waals surface area contributed by atoms with Gasteiger partial charge >= 0.3 is 5.69 Å². The summed E-state index contributed by atoms with van der Waals surface area (Å²) in [6.45, 7) is 4.62. The lowest BCUT2D eigenvalue weighted by atomic mass is 10.1. The lowest BCUT2D eigenvalue weighted by Gasteiger charge is -2.07. The molecule has 0 spiro atoms. The summed E-state index contributed by atoms with van der Waals surface area (Å²) in [4.78, 5) is 24.6. The van der Waals surface area contributed by atoms with E-state index in [0.29, 0.717) is 6.54 Å². The highest BCUT2D eigenvalue weighted by Crippen LogP contribution is 2.14. The Bertz CT molecular complexity index is 768. The number of hydrogen-bond acceptors (Lipinski definition) is 3. The first kappa shape index (κ1) is 15.5. The van der Waals surface area contributed by atoms with Gasteiger partial charge in [-0.3, -0.25) is 9.36 Å². The van der Waals surface area contributed by atoms with E-state index < -0.39 is 0 Å². The molecule has 6 nitrogen and oxygen atoms in total. The van der Waals surface area contributed by atoms with Gasteiger partial charge in [0.15, 0.2) is 0 Å². The fourth-order valence-electron chi connectivity index (χ4n) is 3.11. The number of hydrogen-bond donors (Lipinski definition) is 1. The second-order valence-corrected chi connectivity index (χ2v) is 6.24. The third-order valence-corrected chi connectivity index (χ3v) is 4.08. The Balaban J connectivity index is 1.74. The van der Waals surface area contributed by atoms with Crippen LogP contribution in [0.4, 0.5) is 5.69 Å². The number of fused-ring (bicyclic) bond motifs is 1. The maximum Gasteiger partial charge on any atom is 0.346 e. The van der Waals surface area contributed by atoms with E-state index in [4.69, 9.17) is 0 Å². The molecule has 6 heteroatoms. The molecule has 1 aromatic carbocycles. The van der Waals surface area contributed by atoms with E-state index in [9.17, 15) is 9.59 Å². The van der Waals surface area contributed by atoms with Crippen LogP contribution in [0.25, 0.3) is 0 Å². The van der Waals surface area contributed by atoms with Gasteiger partial charge in [-0.25, -0.2) is 9.48 Å². The number of carbonyl (C=O) groups excluding carboxylic acids is 1. The number of benzene rings is 1. The average molecular weight is 314 g/mol. The zero-order valence-electron chi connectivity index (χ0n) is 13.6. The van der Waals surface area contributed by atoms with Gasteiger partial charge in [0.25, 0.3) is 0 Å². The third kappa shape index (κ3) is 3.52. The molecule has 1 aliphatic rings. The summed E-state index contributed by atoms with van der Waals surface area (Å²) in [6.07, 6.45) is 3.97. The molecule has 0 saturated heterocycles. The number of carbonyl (C=O) groups is 1. The molecule has 0 unspecified atom stereocenters. The van der Waals surface area contributed by atoms with Crippen LogP contribution < -0.4 is 11.0 Å². The second kappa shape index (κ2) is 6.40. The predicted molar refractivity (Wildman–Crippen MR) is 88.6 cm³/mol. The first-order valence-electron chi connectivity index (χ1n) is 8.07. The van der Waals surface area contributed by atoms with E-state index in [0.717, 1.165) is 48.3 Å². The highest BCUT2D eigenvalue weighted by Gasteiger charge is 2.17. The van der Waals surface area contributed by atoms with E-state index in [-0.39, 0.29) is 18.1 Å². The van der Waals surface area contributed by atoms with Crippen LogP contribution in [-0.2, 0) is 24.3 Å². The summed E-state index contributed by atoms with van der Waals surface area (Å²) >= 11 is 0. The number of rotatable bonds is 3. The molecule has 0 bridgehead atoms. The summed E-state index contributed by atoms with van der Waals surface area (Å²) in [7, 11) is 0. The van der Waals surface area contributed by atoms with E-state index in [1.54, 1.807) is 4.57 Å². The Morgan fingerprint density at radius 3 is 2.65 bits per heavy atom. The molecule has 3 rings (SSSR count). The number of nitrogens with zero attached hydrogens (tertiary/aromatic N) is 3. The Hall–Kier alpha value is -2.37. The monoisotopic (exact) mass is 314 g/mol. The first-order valence-corrected chi connectivity index (χ1v) is 8.07. The number of aromatic nitrogens is 3. The van der Waals surface area contributed by atoms with Gasteiger partial charge in [-0.2, -0.15) is 5.10 Å². The molecule has 0 fully saturated rings. The summed E-state index contributed by atoms with van der Waals surface area (Å²) in [5.74, 6) is 0.567. The first-order chi connectivity index (χ1) is 11.0. The Labute approximate surface area is 135 Å². The zero-order chi connectivity index (χ0) is 16.4. The van der Waals surface area contributed by atoms with Crippen molar-refractivity contribution in [3.63, 3.8) is 0 Å². The van der Waals surface area contributed by atoms with Crippen molar-refractivity contribution >= 4 is 11.6 Å². The zero-order valence-corrected chi connectivity index (χ0v) is 13.6. The SMILES string of the molecule is Cc1cc(C)cc(NC(=O)Cn2nc3n(c2=O)CCCCC3)c1. The van der Waals surface area contributed by atoms with Gasteiger partial charge in [0.2, 0.25) is 5.91 Å². The second-order valence-electron chi connectivity index (χ2n) is 6.24. The lowest BCUT2D eigenvalue weighted by Crippen LogP contribution is -2.30. The van der Waals surface area contributed by atoms with E-state index in [2.05, 4.69) is 10.4 Å². The molecule has 1 amide bonds. The predicted octanol–water partition coefficient (Wildman–Crippen LogP) is 2.03. The molecule has 122 valence electrons. The van der Waals surface area contributed by atoms with Crippen molar-refractivity contribution in [1.29, 1.82) is 0 Å². The van der Waals surface area contributed by atoms with Crippen LogP contribution in [0.5, 0.6) is 0 Å². The van der Waals surface area contributed by atoms with Crippen LogP contribution in [0.15, 0.2) is 23.0 Å². The minimum absolute atomic E-state index is 0.0498. The molecular formula is C17H22N4O2. The van der Waals surface area contributed by atoms with Gasteiger partial charge in [0.1, 0.15) is 12.4 Å². The minimum atomic E-state index is -0.231. The topological polar surface area (TPSA) is 68.9 Å². The van der Waals surface area contributed by atoms with E-state index in [1.165, 1.54) is 4.68 Å². The van der Waals surface area contributed by atoms with Gasteiger partial charge in [-0.1, -0.05) is 12.5 Å². The van der Waals surface area contributed by atoms with Gasteiger partial charge in [0, 0.05) is 18.7 Å². The Morgan fingerprint density at radius 1 is 1.17 bits per heavy atom. The molecule has 0 atom stereocenters. The minimum Gasteiger partial charge on any atom is -0.324 e. The lowest BCUT2D eigenvalue weighted by molar-refractivity contribution is -0.117. The molecule has 1 N–H and O–H groups in total. The normalized spacial score (nSPS) is 14.2. The Kier molecular flexibility index (Phi) is 4.32. The Morgan fingerprint density at radius 2 is 1.91 bits per heavy atom. The van der Waals surface area contributed by atoms with Crippen molar-refractivity contribution in [3.05, 3.63) is 45.6 Å². The standard InChI is InChI=1S/C17H22N4O2/c1-12-8-13(2)10-14(9-12)18-16(22)11-21-17(23)20-7-5-3-4-6-15(20)19-21/h8-10H,3-7,11H2,1-2H3,(H,18,22). The van der Waals surface area contributed by atoms with Gasteiger partial charge < -0.3 is 5.32 Å². The quantitative estimate of drug-likeness (QED) is 0.942. The van der Waals surface area contributed by atoms with Gasteiger partial charge in [0.05, 0.1) is 0 Å². The molecule has 2 aromatic rings. The van der Waals surface area contributed by atoms with Crippen LogP contribution in [0.3, 0.4) is 0 Å². The molecule has 23 heavy (non-hydrogen) atoms. The molecule has 1 aromatic heterocycles. The summed E-state index contributed by atoms with van der Waals surface area (Å²) in [5, 5.41) is 7.18. The molecule has 0 radical (unpaired) electrons. The van der Waals surface area contributed by atoms with Crippen molar-refractivity contribution < 1.29 is 4.79 Å². The molecule has 1 aliphatic heterocycles. The highest BCUT2D eigenvalue weighted by molar-refractivity contribution is 5.90. The largest absolute Gasteiger partial charge is 0.346 e. The summed E-state index contributed by atoms with van der Waals surface area (Å²) in [5.41, 5.74) is 2.75. The smallest absolute Gasteiger partial charge is 0.324 e. The van der Waals surface area contributed by atoms with E-state index in [1.807, 2.05) is 32.0 Å². The van der Waals surface area contributed by atoms with Gasteiger partial charge in [-0.05, 0) is 49.9 Å². The number of amides is 1. The number of anilines is 1. The van der Waals surface area contributed by atoms with Crippen LogP contribution >= 0.6 is 0 Å². The summed E-state index contributed by atoms with van der Waals surface area (Å²) < 4.78 is 2.98. The van der Waals surface area contributed by atoms with Crippen LogP contribution in [0.2, 0.25) is 0 Å². The summed E-state index contributed by atoms with van der Waals surface area (Å²) in [6, 6.07) is 5.87. The van der Waals surface area contributed by atoms with Crippen molar-refractivity contribution in [3.8, 4) is 0 Å². The number of nitrogens with one attached hydrogen (secondary N) is 1. The van der Waals surface area contributed by atoms with Crippen LogP contribution in [0.1, 0.15) is 36.2 Å². The van der Waals surface area contributed by atoms with Crippen molar-refractivity contribution in [2.75, 3.05) is 5.32 Å². The van der Waals surface area contributed by atoms with Crippen molar-refractivity contribution in [2.45, 2.75) is 52.6 Å². The maximum absolute atomic E-state index is 12.3. The third-order valence-electron chi connectivity index (χ3n) is 4.08. The molecular weight excluding hydrogens is 292 g/mol. The van der Waals surface area contributed by atoms with E-state index >= 15 is 0 Å². The van der Waals surface area contributed by atoms with Gasteiger partial charge in [-0.15, -0.1) is 0 Å². The maximum atomic E-state index is 12.3. The molecule has 0 aliphatic carbocycles. The molecule has 2 heterocycles. The van der Waals surface area contributed by atoms with Crippen LogP contribution in [0, 0.1) is 13.8 Å². The van der Waals surface area contributed by atoms with Crippen LogP contribution in [-0.4, -0.2) is 20.3 Å². The fourth-order valence-corrected chi connectivity index (χ4v) is 3.11. The molecule has 0 saturated carbocycles. The fraction of sp³-hybridized carbons (Fsp3) is 0.471. The van der Waals surface area contributed by atoms with Crippen molar-refractivity contribution in [2.24, 2.45) is 0 Å². The number of aryl methyl sites for hydroxylation is 3. The van der Waals surface area contributed by atoms with Crippen molar-refractivity contribution in [1.82, 2.24) is 14.3 Å². The average Bonchev–Trinajstić information content (AvgIpc) is 2.63.